The van der Waals surface area contributed by atoms with Gasteiger partial charge in [0.15, 0.2) is 0 Å². The fourth-order valence-electron chi connectivity index (χ4n) is 3.77. The van der Waals surface area contributed by atoms with E-state index in [2.05, 4.69) is 20.0 Å². The molecule has 4 rings (SSSR count). The van der Waals surface area contributed by atoms with Gasteiger partial charge in [0.2, 0.25) is 0 Å². The van der Waals surface area contributed by atoms with E-state index in [1.807, 2.05) is 0 Å². The minimum Gasteiger partial charge on any atom is -0.465 e. The number of carbonyl (C=O) groups excluding carboxylic acids is 2. The van der Waals surface area contributed by atoms with E-state index in [9.17, 15) is 22.8 Å². The maximum atomic E-state index is 13.2. The van der Waals surface area contributed by atoms with Crippen LogP contribution in [0.25, 0.3) is 0 Å². The summed E-state index contributed by atoms with van der Waals surface area (Å²) in [6.45, 7) is 0.211. The van der Waals surface area contributed by atoms with E-state index in [1.165, 1.54) is 48.7 Å². The van der Waals surface area contributed by atoms with Crippen molar-refractivity contribution in [2.75, 3.05) is 19.0 Å². The average Bonchev–Trinajstić information content (AvgIpc) is 3.26. The molecule has 0 spiro atoms. The third-order valence-corrected chi connectivity index (χ3v) is 5.16. The predicted molar refractivity (Wildman–Crippen MR) is 111 cm³/mol. The summed E-state index contributed by atoms with van der Waals surface area (Å²) in [5, 5.41) is 2.70. The molecular formula is C22H19F3N4O4. The quantitative estimate of drug-likeness (QED) is 0.567. The summed E-state index contributed by atoms with van der Waals surface area (Å²) in [5.41, 5.74) is 1.86. The minimum absolute atomic E-state index is 0.140. The van der Waals surface area contributed by atoms with Crippen molar-refractivity contribution in [1.29, 1.82) is 0 Å². The first-order valence-electron chi connectivity index (χ1n) is 9.89. The molecule has 2 amide bonds. The summed E-state index contributed by atoms with van der Waals surface area (Å²) in [6.07, 6.45) is -3.03. The number of imidazole rings is 1. The van der Waals surface area contributed by atoms with Crippen molar-refractivity contribution in [2.45, 2.75) is 18.8 Å². The highest BCUT2D eigenvalue weighted by molar-refractivity contribution is 5.94. The Morgan fingerprint density at radius 3 is 2.73 bits per heavy atom. The highest BCUT2D eigenvalue weighted by Crippen LogP contribution is 2.39. The van der Waals surface area contributed by atoms with Crippen molar-refractivity contribution in [3.05, 3.63) is 77.4 Å². The molecule has 2 heterocycles. The van der Waals surface area contributed by atoms with Crippen LogP contribution in [0.5, 0.6) is 5.75 Å². The van der Waals surface area contributed by atoms with E-state index in [1.54, 1.807) is 18.2 Å². The zero-order valence-corrected chi connectivity index (χ0v) is 17.3. The zero-order chi connectivity index (χ0) is 23.6. The number of carbonyl (C=O) groups is 2. The number of nitrogens with one attached hydrogen (secondary N) is 2. The number of nitrogens with zero attached hydrogens (tertiary/aromatic N) is 2. The normalized spacial score (nSPS) is 15.5. The number of hydrogen-bond donors (Lipinski definition) is 2. The van der Waals surface area contributed by atoms with Crippen LogP contribution in [0.15, 0.2) is 54.9 Å². The zero-order valence-electron chi connectivity index (χ0n) is 17.3. The van der Waals surface area contributed by atoms with Crippen LogP contribution >= 0.6 is 0 Å². The Bertz CT molecular complexity index is 1180. The third-order valence-electron chi connectivity index (χ3n) is 5.16. The number of methoxy groups -OCH3 is 1. The summed E-state index contributed by atoms with van der Waals surface area (Å²) >= 11 is 0. The topological polar surface area (TPSA) is 96.6 Å². The number of fused-ring (bicyclic) bond motifs is 1. The molecule has 2 N–H and O–H groups in total. The van der Waals surface area contributed by atoms with Gasteiger partial charge in [0, 0.05) is 29.9 Å². The van der Waals surface area contributed by atoms with Gasteiger partial charge in [-0.2, -0.15) is 0 Å². The molecule has 8 nitrogen and oxygen atoms in total. The molecule has 0 saturated carbocycles. The molecule has 0 saturated heterocycles. The lowest BCUT2D eigenvalue weighted by molar-refractivity contribution is -0.275. The standard InChI is InChI=1S/C22H19F3N4O4/c1-32-20(30)13-5-4-6-14(11-13)28-21(31)29-10-9-16-18(27-12-26-16)19(29)15-7-2-3-8-17(15)33-22(23,24)25/h2-8,11-12,19H,9-10H2,1H3,(H,26,27)(H,28,31)/t19-/m0/s1. The maximum Gasteiger partial charge on any atom is 0.573 e. The lowest BCUT2D eigenvalue weighted by atomic mass is 9.95. The Balaban J connectivity index is 1.69. The van der Waals surface area contributed by atoms with Gasteiger partial charge in [-0.15, -0.1) is 13.2 Å². The average molecular weight is 460 g/mol. The second-order valence-corrected chi connectivity index (χ2v) is 7.20. The fourth-order valence-corrected chi connectivity index (χ4v) is 3.77. The minimum atomic E-state index is -4.90. The van der Waals surface area contributed by atoms with Gasteiger partial charge in [-0.3, -0.25) is 0 Å². The molecular weight excluding hydrogens is 441 g/mol. The Labute approximate surface area is 186 Å². The van der Waals surface area contributed by atoms with E-state index in [0.717, 1.165) is 5.69 Å². The molecule has 0 bridgehead atoms. The van der Waals surface area contributed by atoms with E-state index in [4.69, 9.17) is 4.74 Å². The van der Waals surface area contributed by atoms with Gasteiger partial charge in [-0.05, 0) is 24.3 Å². The molecule has 11 heteroatoms. The molecule has 1 atom stereocenters. The molecule has 1 aliphatic heterocycles. The second-order valence-electron chi connectivity index (χ2n) is 7.20. The third kappa shape index (κ3) is 4.76. The highest BCUT2D eigenvalue weighted by Gasteiger charge is 2.38. The van der Waals surface area contributed by atoms with Crippen LogP contribution < -0.4 is 10.1 Å². The van der Waals surface area contributed by atoms with Crippen LogP contribution in [0.4, 0.5) is 23.7 Å². The summed E-state index contributed by atoms with van der Waals surface area (Å²) in [5.74, 6) is -0.988. The van der Waals surface area contributed by atoms with Gasteiger partial charge in [0.25, 0.3) is 0 Å². The van der Waals surface area contributed by atoms with Crippen molar-refractivity contribution >= 4 is 17.7 Å². The van der Waals surface area contributed by atoms with Crippen LogP contribution in [0.1, 0.15) is 33.4 Å². The Kier molecular flexibility index (Phi) is 5.95. The lowest BCUT2D eigenvalue weighted by Gasteiger charge is -2.36. The highest BCUT2D eigenvalue weighted by atomic mass is 19.4. The first-order chi connectivity index (χ1) is 15.8. The summed E-state index contributed by atoms with van der Waals surface area (Å²) in [6, 6.07) is 10.3. The Hall–Kier alpha value is -4.02. The van der Waals surface area contributed by atoms with Crippen molar-refractivity contribution in [3.8, 4) is 5.75 Å². The van der Waals surface area contributed by atoms with E-state index in [-0.39, 0.29) is 17.7 Å². The number of aromatic nitrogens is 2. The van der Waals surface area contributed by atoms with E-state index >= 15 is 0 Å². The number of esters is 1. The number of benzene rings is 2. The summed E-state index contributed by atoms with van der Waals surface area (Å²) < 4.78 is 48.0. The van der Waals surface area contributed by atoms with Crippen molar-refractivity contribution in [3.63, 3.8) is 0 Å². The van der Waals surface area contributed by atoms with Crippen LogP contribution in [-0.4, -0.2) is 46.9 Å². The van der Waals surface area contributed by atoms with E-state index in [0.29, 0.717) is 17.8 Å². The predicted octanol–water partition coefficient (Wildman–Crippen LogP) is 4.27. The number of alkyl halides is 3. The van der Waals surface area contributed by atoms with E-state index < -0.39 is 30.2 Å². The van der Waals surface area contributed by atoms with Gasteiger partial charge < -0.3 is 24.7 Å². The number of anilines is 1. The van der Waals surface area contributed by atoms with Gasteiger partial charge >= 0.3 is 18.4 Å². The SMILES string of the molecule is COC(=O)c1cccc(NC(=O)N2CCc3[nH]cnc3[C@@H]2c2ccccc2OC(F)(F)F)c1. The maximum absolute atomic E-state index is 13.2. The number of H-pyrrole nitrogens is 1. The van der Waals surface area contributed by atoms with Gasteiger partial charge in [-0.25, -0.2) is 14.6 Å². The van der Waals surface area contributed by atoms with Gasteiger partial charge in [0.1, 0.15) is 11.8 Å². The first kappa shape index (κ1) is 22.2. The molecule has 172 valence electrons. The number of urea groups is 1. The molecule has 3 aromatic rings. The van der Waals surface area contributed by atoms with Crippen molar-refractivity contribution < 1.29 is 32.2 Å². The molecule has 33 heavy (non-hydrogen) atoms. The number of halogens is 3. The van der Waals surface area contributed by atoms with Crippen LogP contribution in [-0.2, 0) is 11.2 Å². The number of ether oxygens (including phenoxy) is 2. The lowest BCUT2D eigenvalue weighted by Crippen LogP contribution is -2.43. The Morgan fingerprint density at radius 2 is 1.97 bits per heavy atom. The fraction of sp³-hybridized carbons (Fsp3) is 0.227. The molecule has 0 radical (unpaired) electrons. The number of rotatable bonds is 4. The molecule has 0 aliphatic carbocycles. The smallest absolute Gasteiger partial charge is 0.465 e. The monoisotopic (exact) mass is 460 g/mol. The van der Waals surface area contributed by atoms with Gasteiger partial charge in [-0.1, -0.05) is 24.3 Å². The number of aromatic amines is 1. The second kappa shape index (κ2) is 8.85. The Morgan fingerprint density at radius 1 is 1.18 bits per heavy atom. The number of para-hydroxylation sites is 1. The molecule has 1 aliphatic rings. The number of hydrogen-bond acceptors (Lipinski definition) is 5. The summed E-state index contributed by atoms with van der Waals surface area (Å²) in [4.78, 5) is 33.6. The molecule has 1 aromatic heterocycles. The van der Waals surface area contributed by atoms with Crippen molar-refractivity contribution in [1.82, 2.24) is 14.9 Å². The van der Waals surface area contributed by atoms with Crippen molar-refractivity contribution in [2.24, 2.45) is 0 Å². The largest absolute Gasteiger partial charge is 0.573 e. The van der Waals surface area contributed by atoms with Gasteiger partial charge in [0.05, 0.1) is 24.7 Å². The van der Waals surface area contributed by atoms with Crippen LogP contribution in [0.3, 0.4) is 0 Å². The first-order valence-corrected chi connectivity index (χ1v) is 9.89. The molecule has 0 unspecified atom stereocenters. The molecule has 0 fully saturated rings. The van der Waals surface area contributed by atoms with Crippen LogP contribution in [0.2, 0.25) is 0 Å². The molecule has 2 aromatic carbocycles. The number of amides is 2. The van der Waals surface area contributed by atoms with Crippen LogP contribution in [0, 0.1) is 0 Å². The summed E-state index contributed by atoms with van der Waals surface area (Å²) in [7, 11) is 1.24.